The van der Waals surface area contributed by atoms with Gasteiger partial charge in [-0.15, -0.1) is 0 Å². The molecule has 7 rings (SSSR count). The molecule has 45 heavy (non-hydrogen) atoms. The summed E-state index contributed by atoms with van der Waals surface area (Å²) in [5, 5.41) is 0. The lowest BCUT2D eigenvalue weighted by molar-refractivity contribution is -0.0451. The molecule has 23 heteroatoms. The molecule has 6 heterocycles. The van der Waals surface area contributed by atoms with Gasteiger partial charge in [0.2, 0.25) is 15.1 Å². The molecular formula is C22H22B2F2N10O7P2. The average Bonchev–Trinajstić information content (AvgIpc) is 3.72. The molecule has 0 spiro atoms. The van der Waals surface area contributed by atoms with Crippen LogP contribution in [0.15, 0.2) is 37.5 Å². The number of hydrogen-bond acceptors (Lipinski definition) is 15. The zero-order chi connectivity index (χ0) is 31.8. The highest BCUT2D eigenvalue weighted by atomic mass is 31.2. The second kappa shape index (κ2) is 10.9. The molecule has 4 radical (unpaired) electrons. The summed E-state index contributed by atoms with van der Waals surface area (Å²) in [4.78, 5) is 24.2. The fourth-order valence-corrected chi connectivity index (χ4v) is 7.81. The molecule has 232 valence electrons. The van der Waals surface area contributed by atoms with Crippen LogP contribution in [0.5, 0.6) is 0 Å². The Labute approximate surface area is 254 Å². The summed E-state index contributed by atoms with van der Waals surface area (Å²) in [5.41, 5.74) is 12.5. The van der Waals surface area contributed by atoms with Crippen molar-refractivity contribution in [3.8, 4) is 0 Å². The number of alkyl halides is 2. The molecule has 4 N–H and O–H groups in total. The van der Waals surface area contributed by atoms with Crippen LogP contribution in [-0.2, 0) is 32.0 Å². The van der Waals surface area contributed by atoms with Crippen LogP contribution in [0.25, 0.3) is 22.3 Å². The third-order valence-electron chi connectivity index (χ3n) is 7.87. The fourth-order valence-electron chi connectivity index (χ4n) is 5.77. The summed E-state index contributed by atoms with van der Waals surface area (Å²) in [6.07, 6.45) is -5.38. The molecular weight excluding hydrogens is 638 g/mol. The molecule has 3 aliphatic rings. The van der Waals surface area contributed by atoms with Crippen LogP contribution < -0.4 is 11.5 Å². The van der Waals surface area contributed by atoms with Gasteiger partial charge in [-0.2, -0.15) is 0 Å². The van der Waals surface area contributed by atoms with Gasteiger partial charge >= 0.3 is 0 Å². The van der Waals surface area contributed by atoms with Crippen molar-refractivity contribution in [1.82, 2.24) is 39.0 Å². The summed E-state index contributed by atoms with van der Waals surface area (Å²) >= 11 is 0. The molecule has 0 bridgehead atoms. The second-order valence-corrected chi connectivity index (χ2v) is 13.7. The number of aromatic nitrogens is 8. The van der Waals surface area contributed by atoms with Gasteiger partial charge < -0.3 is 38.9 Å². The van der Waals surface area contributed by atoms with E-state index in [4.69, 9.17) is 49.4 Å². The Morgan fingerprint density at radius 3 is 2.02 bits per heavy atom. The third kappa shape index (κ3) is 5.16. The highest BCUT2D eigenvalue weighted by Gasteiger charge is 2.54. The molecule has 3 fully saturated rings. The van der Waals surface area contributed by atoms with Crippen molar-refractivity contribution in [3.63, 3.8) is 0 Å². The van der Waals surface area contributed by atoms with E-state index >= 15 is 8.78 Å². The molecule has 2 saturated heterocycles. The van der Waals surface area contributed by atoms with Gasteiger partial charge in [-0.1, -0.05) is 6.58 Å². The van der Waals surface area contributed by atoms with Gasteiger partial charge in [-0.3, -0.25) is 13.7 Å². The largest absolute Gasteiger partial charge is 0.382 e. The van der Waals surface area contributed by atoms with E-state index in [0.29, 0.717) is 0 Å². The van der Waals surface area contributed by atoms with Gasteiger partial charge in [0.15, 0.2) is 41.5 Å². The van der Waals surface area contributed by atoms with Crippen molar-refractivity contribution in [2.75, 3.05) is 24.7 Å². The van der Waals surface area contributed by atoms with E-state index in [1.165, 1.54) is 28.1 Å². The summed E-state index contributed by atoms with van der Waals surface area (Å²) in [6, 6.07) is -1.20. The summed E-state index contributed by atoms with van der Waals surface area (Å²) < 4.78 is 89.1. The minimum Gasteiger partial charge on any atom is -0.382 e. The molecule has 2 aliphatic heterocycles. The zero-order valence-electron chi connectivity index (χ0n) is 22.9. The first-order valence-electron chi connectivity index (χ1n) is 13.3. The van der Waals surface area contributed by atoms with E-state index in [9.17, 15) is 9.13 Å². The Morgan fingerprint density at radius 1 is 0.822 bits per heavy atom. The van der Waals surface area contributed by atoms with E-state index in [-0.39, 0.29) is 39.5 Å². The second-order valence-electron chi connectivity index (χ2n) is 10.6. The Hall–Kier alpha value is -3.31. The number of rotatable bonds is 2. The lowest BCUT2D eigenvalue weighted by Gasteiger charge is -2.30. The predicted molar refractivity (Wildman–Crippen MR) is 153 cm³/mol. The number of fused-ring (bicyclic) bond motifs is 4. The number of nitrogens with zero attached hydrogens (tertiary/aromatic N) is 8. The summed E-state index contributed by atoms with van der Waals surface area (Å²) in [5.74, 6) is -1.04. The highest BCUT2D eigenvalue weighted by molar-refractivity contribution is 7.79. The zero-order valence-corrected chi connectivity index (χ0v) is 24.7. The van der Waals surface area contributed by atoms with E-state index in [2.05, 4.69) is 36.5 Å². The number of halogens is 2. The van der Waals surface area contributed by atoms with Gasteiger partial charge in [-0.25, -0.2) is 38.7 Å². The number of imidazole rings is 2. The van der Waals surface area contributed by atoms with Crippen molar-refractivity contribution in [3.05, 3.63) is 37.5 Å². The van der Waals surface area contributed by atoms with Gasteiger partial charge in [0.1, 0.15) is 42.0 Å². The van der Waals surface area contributed by atoms with Crippen LogP contribution in [0.1, 0.15) is 12.3 Å². The predicted octanol–water partition coefficient (Wildman–Crippen LogP) is 1.50. The van der Waals surface area contributed by atoms with Crippen LogP contribution in [-0.4, -0.2) is 98.0 Å². The first-order chi connectivity index (χ1) is 21.3. The standard InChI is InChI=1S/C22H22B2F2N10O7P2/c1-8-9-2-39-44(23,37)43-17-10(41-22(12(17)26)36-7-34-14-19(28)30-5-32-21(14)36)3-40-45(24,38)42-16(9)11(25)15(8)35-6-33-13-18(27)29-4-31-20(13)35/h4-7,9-12,15-17,22H,1-3H2,(H2,27,29,31)(H2,28,30,32). The molecule has 17 nitrogen and oxygen atoms in total. The van der Waals surface area contributed by atoms with Gasteiger partial charge in [0.25, 0.3) is 14.9 Å². The lowest BCUT2D eigenvalue weighted by atomic mass is 10.0. The van der Waals surface area contributed by atoms with Crippen molar-refractivity contribution in [1.29, 1.82) is 0 Å². The molecule has 10 unspecified atom stereocenters. The Kier molecular flexibility index (Phi) is 7.35. The monoisotopic (exact) mass is 660 g/mol. The number of anilines is 2. The molecule has 1 aliphatic carbocycles. The van der Waals surface area contributed by atoms with Gasteiger partial charge in [-0.05, 0) is 5.57 Å². The Balaban J connectivity index is 1.19. The first-order valence-corrected chi connectivity index (χ1v) is 16.5. The van der Waals surface area contributed by atoms with Crippen LogP contribution in [0.4, 0.5) is 20.4 Å². The molecule has 0 amide bonds. The van der Waals surface area contributed by atoms with E-state index < -0.39 is 77.0 Å². The normalized spacial score (nSPS) is 37.7. The average molecular weight is 660 g/mol. The van der Waals surface area contributed by atoms with Crippen molar-refractivity contribution in [2.45, 2.75) is 42.9 Å². The minimum atomic E-state index is -4.58. The van der Waals surface area contributed by atoms with Gasteiger partial charge in [0, 0.05) is 5.92 Å². The van der Waals surface area contributed by atoms with E-state index in [0.717, 1.165) is 6.33 Å². The van der Waals surface area contributed by atoms with E-state index in [1.54, 1.807) is 0 Å². The van der Waals surface area contributed by atoms with Crippen molar-refractivity contribution < 1.29 is 40.7 Å². The van der Waals surface area contributed by atoms with Crippen LogP contribution in [0.2, 0.25) is 0 Å². The van der Waals surface area contributed by atoms with Crippen LogP contribution in [0.3, 0.4) is 0 Å². The summed E-state index contributed by atoms with van der Waals surface area (Å²) in [7, 11) is 2.62. The molecule has 4 aromatic heterocycles. The van der Waals surface area contributed by atoms with Crippen LogP contribution in [0, 0.1) is 5.92 Å². The molecule has 10 atom stereocenters. The quantitative estimate of drug-likeness (QED) is 0.177. The van der Waals surface area contributed by atoms with Crippen molar-refractivity contribution >= 4 is 64.0 Å². The van der Waals surface area contributed by atoms with E-state index in [1.807, 2.05) is 0 Å². The Morgan fingerprint density at radius 2 is 1.38 bits per heavy atom. The first kappa shape index (κ1) is 30.3. The SMILES string of the molecule is [B]P1(=O)OCC2C(=C)C(n3cnc4c(N)ncnc43)C(F)C2OP([B])(=O)OCC2OC(n3cnc4c(N)ncnc43)C(F)C2O1. The molecule has 4 aromatic rings. The number of nitrogens with two attached hydrogens (primary N) is 2. The number of hydrogen-bond donors (Lipinski definition) is 2. The maximum atomic E-state index is 16.2. The molecule has 0 aromatic carbocycles. The topological polar surface area (TPSA) is 220 Å². The fraction of sp³-hybridized carbons (Fsp3) is 0.455. The van der Waals surface area contributed by atoms with Gasteiger partial charge in [0.05, 0.1) is 31.9 Å². The highest BCUT2D eigenvalue weighted by Crippen LogP contribution is 2.56. The number of nitrogen functional groups attached to an aromatic ring is 2. The number of ether oxygens (including phenoxy) is 1. The molecule has 1 saturated carbocycles. The minimum absolute atomic E-state index is 0.0403. The summed E-state index contributed by atoms with van der Waals surface area (Å²) in [6.45, 7) is 2.66. The lowest BCUT2D eigenvalue weighted by Crippen LogP contribution is -2.36. The maximum absolute atomic E-state index is 16.2. The third-order valence-corrected chi connectivity index (χ3v) is 9.97. The maximum Gasteiger partial charge on any atom is 0.264 e. The van der Waals surface area contributed by atoms with Crippen LogP contribution >= 0.6 is 14.9 Å². The van der Waals surface area contributed by atoms with Crippen molar-refractivity contribution in [2.24, 2.45) is 5.92 Å². The Bertz CT molecular complexity index is 1910. The smallest absolute Gasteiger partial charge is 0.264 e.